The molecule has 2 saturated heterocycles. The van der Waals surface area contributed by atoms with Gasteiger partial charge in [-0.05, 0) is 45.0 Å². The second-order valence-electron chi connectivity index (χ2n) is 9.95. The van der Waals surface area contributed by atoms with Crippen molar-refractivity contribution in [3.8, 4) is 5.95 Å². The maximum absolute atomic E-state index is 12.9. The molecule has 33 heavy (non-hydrogen) atoms. The fourth-order valence-electron chi connectivity index (χ4n) is 4.59. The molecule has 0 N–H and O–H groups in total. The van der Waals surface area contributed by atoms with Crippen molar-refractivity contribution in [2.24, 2.45) is 5.92 Å². The summed E-state index contributed by atoms with van der Waals surface area (Å²) in [6.07, 6.45) is -0.238. The molecular weight excluding hydrogens is 424 g/mol. The van der Waals surface area contributed by atoms with Gasteiger partial charge in [0.2, 0.25) is 5.89 Å². The molecular formula is C23H30N6O4. The van der Waals surface area contributed by atoms with Gasteiger partial charge in [-0.1, -0.05) is 12.1 Å². The van der Waals surface area contributed by atoms with E-state index in [1.807, 2.05) is 52.0 Å². The summed E-state index contributed by atoms with van der Waals surface area (Å²) in [6, 6.07) is 7.63. The van der Waals surface area contributed by atoms with Gasteiger partial charge in [-0.15, -0.1) is 0 Å². The van der Waals surface area contributed by atoms with Crippen LogP contribution in [0, 0.1) is 5.92 Å². The lowest BCUT2D eigenvalue weighted by Gasteiger charge is -2.45. The molecule has 2 aliphatic rings. The molecule has 0 aliphatic carbocycles. The number of aromatic nitrogens is 4. The fourth-order valence-corrected chi connectivity index (χ4v) is 4.59. The number of hydrogen-bond acceptors (Lipinski definition) is 7. The SMILES string of the molecule is CCn1c(=O)n(-c2noc(C3CN(CC4CN(C(=O)OC(C)(C)C)C4)C3)n2)c2ccccc21. The summed E-state index contributed by atoms with van der Waals surface area (Å²) < 4.78 is 14.2. The highest BCUT2D eigenvalue weighted by molar-refractivity contribution is 5.77. The van der Waals surface area contributed by atoms with Crippen LogP contribution in [-0.2, 0) is 11.3 Å². The Bertz CT molecular complexity index is 1220. The number of carbonyl (C=O) groups is 1. The summed E-state index contributed by atoms with van der Waals surface area (Å²) in [4.78, 5) is 33.6. The van der Waals surface area contributed by atoms with E-state index in [1.54, 1.807) is 9.47 Å². The molecule has 0 spiro atoms. The van der Waals surface area contributed by atoms with Crippen molar-refractivity contribution in [2.75, 3.05) is 32.7 Å². The average Bonchev–Trinajstić information content (AvgIpc) is 3.25. The number of amides is 1. The van der Waals surface area contributed by atoms with Gasteiger partial charge >= 0.3 is 11.8 Å². The van der Waals surface area contributed by atoms with Crippen molar-refractivity contribution in [1.82, 2.24) is 29.1 Å². The zero-order valence-corrected chi connectivity index (χ0v) is 19.5. The minimum absolute atomic E-state index is 0.156. The van der Waals surface area contributed by atoms with E-state index in [4.69, 9.17) is 9.26 Å². The largest absolute Gasteiger partial charge is 0.444 e. The lowest BCUT2D eigenvalue weighted by Crippen LogP contribution is -2.57. The summed E-state index contributed by atoms with van der Waals surface area (Å²) in [5.41, 5.74) is 0.992. The average molecular weight is 455 g/mol. The van der Waals surface area contributed by atoms with Crippen molar-refractivity contribution in [2.45, 2.75) is 45.8 Å². The van der Waals surface area contributed by atoms with Crippen molar-refractivity contribution in [3.05, 3.63) is 40.6 Å². The first-order valence-corrected chi connectivity index (χ1v) is 11.5. The van der Waals surface area contributed by atoms with Crippen molar-refractivity contribution in [3.63, 3.8) is 0 Å². The van der Waals surface area contributed by atoms with E-state index >= 15 is 0 Å². The predicted molar refractivity (Wildman–Crippen MR) is 122 cm³/mol. The lowest BCUT2D eigenvalue weighted by molar-refractivity contribution is -0.0126. The van der Waals surface area contributed by atoms with Gasteiger partial charge in [-0.2, -0.15) is 4.98 Å². The molecule has 3 aromatic rings. The molecule has 176 valence electrons. The maximum Gasteiger partial charge on any atom is 0.410 e. The number of benzene rings is 1. The standard InChI is InChI=1S/C23H30N6O4/c1-5-28-17-8-6-7-9-18(17)29(21(28)30)20-24-19(33-25-20)16-13-26(14-16)10-15-11-27(12-15)22(31)32-23(2,3)4/h6-9,15-16H,5,10-14H2,1-4H3. The van der Waals surface area contributed by atoms with E-state index in [0.29, 0.717) is 18.4 Å². The zero-order chi connectivity index (χ0) is 23.3. The van der Waals surface area contributed by atoms with Gasteiger partial charge in [0.1, 0.15) is 5.60 Å². The molecule has 0 atom stereocenters. The Morgan fingerprint density at radius 1 is 1.15 bits per heavy atom. The van der Waals surface area contributed by atoms with Crippen LogP contribution in [0.1, 0.15) is 39.5 Å². The van der Waals surface area contributed by atoms with Gasteiger partial charge < -0.3 is 19.1 Å². The molecule has 0 radical (unpaired) electrons. The van der Waals surface area contributed by atoms with Crippen LogP contribution in [0.4, 0.5) is 4.79 Å². The first kappa shape index (κ1) is 21.7. The molecule has 4 heterocycles. The van der Waals surface area contributed by atoms with Gasteiger partial charge in [-0.3, -0.25) is 4.57 Å². The highest BCUT2D eigenvalue weighted by Crippen LogP contribution is 2.29. The normalized spacial score (nSPS) is 17.9. The molecule has 1 aromatic carbocycles. The Hall–Kier alpha value is -3.14. The number of para-hydroxylation sites is 2. The van der Waals surface area contributed by atoms with Gasteiger partial charge in [0.25, 0.3) is 5.95 Å². The number of likely N-dealkylation sites (tertiary alicyclic amines) is 2. The van der Waals surface area contributed by atoms with Gasteiger partial charge in [0.05, 0.1) is 17.0 Å². The summed E-state index contributed by atoms with van der Waals surface area (Å²) in [5, 5.41) is 4.11. The molecule has 10 nitrogen and oxygen atoms in total. The highest BCUT2D eigenvalue weighted by Gasteiger charge is 2.39. The molecule has 2 fully saturated rings. The number of imidazole rings is 1. The van der Waals surface area contributed by atoms with Crippen LogP contribution >= 0.6 is 0 Å². The molecule has 2 aliphatic heterocycles. The number of nitrogens with zero attached hydrogens (tertiary/aromatic N) is 6. The zero-order valence-electron chi connectivity index (χ0n) is 19.5. The maximum atomic E-state index is 12.9. The topological polar surface area (TPSA) is 98.6 Å². The molecule has 0 bridgehead atoms. The van der Waals surface area contributed by atoms with Gasteiger partial charge in [0, 0.05) is 45.2 Å². The number of ether oxygens (including phenoxy) is 1. The van der Waals surface area contributed by atoms with Crippen LogP contribution in [0.3, 0.4) is 0 Å². The van der Waals surface area contributed by atoms with Crippen LogP contribution in [0.5, 0.6) is 0 Å². The van der Waals surface area contributed by atoms with E-state index in [9.17, 15) is 9.59 Å². The number of rotatable bonds is 5. The molecule has 2 aromatic heterocycles. The molecule has 10 heteroatoms. The van der Waals surface area contributed by atoms with E-state index in [-0.39, 0.29) is 23.6 Å². The Morgan fingerprint density at radius 2 is 1.85 bits per heavy atom. The second kappa shape index (κ2) is 8.02. The summed E-state index contributed by atoms with van der Waals surface area (Å²) in [6.45, 7) is 12.2. The second-order valence-corrected chi connectivity index (χ2v) is 9.95. The number of carbonyl (C=O) groups excluding carboxylic acids is 1. The highest BCUT2D eigenvalue weighted by atomic mass is 16.6. The predicted octanol–water partition coefficient (Wildman–Crippen LogP) is 2.46. The lowest BCUT2D eigenvalue weighted by atomic mass is 9.94. The Morgan fingerprint density at radius 3 is 2.52 bits per heavy atom. The Labute approximate surface area is 191 Å². The number of aryl methyl sites for hydroxylation is 1. The first-order valence-electron chi connectivity index (χ1n) is 11.5. The number of hydrogen-bond donors (Lipinski definition) is 0. The molecule has 1 amide bonds. The van der Waals surface area contributed by atoms with Crippen molar-refractivity contribution in [1.29, 1.82) is 0 Å². The third kappa shape index (κ3) is 4.03. The minimum atomic E-state index is -0.466. The minimum Gasteiger partial charge on any atom is -0.444 e. The van der Waals surface area contributed by atoms with Crippen molar-refractivity contribution < 1.29 is 14.1 Å². The van der Waals surface area contributed by atoms with Crippen LogP contribution in [0.2, 0.25) is 0 Å². The monoisotopic (exact) mass is 454 g/mol. The number of fused-ring (bicyclic) bond motifs is 1. The Kier molecular flexibility index (Phi) is 5.27. The molecule has 0 unspecified atom stereocenters. The third-order valence-electron chi connectivity index (χ3n) is 6.21. The van der Waals surface area contributed by atoms with E-state index < -0.39 is 5.60 Å². The molecule has 5 rings (SSSR count). The summed E-state index contributed by atoms with van der Waals surface area (Å²) in [5.74, 6) is 1.45. The quantitative estimate of drug-likeness (QED) is 0.584. The smallest absolute Gasteiger partial charge is 0.410 e. The fraction of sp³-hybridized carbons (Fsp3) is 0.565. The van der Waals surface area contributed by atoms with Gasteiger partial charge in [0.15, 0.2) is 0 Å². The van der Waals surface area contributed by atoms with E-state index in [1.165, 1.54) is 4.57 Å². The van der Waals surface area contributed by atoms with Gasteiger partial charge in [-0.25, -0.2) is 14.2 Å². The molecule has 0 saturated carbocycles. The van der Waals surface area contributed by atoms with Crippen LogP contribution in [-0.4, -0.2) is 73.5 Å². The summed E-state index contributed by atoms with van der Waals surface area (Å²) >= 11 is 0. The van der Waals surface area contributed by atoms with Crippen molar-refractivity contribution >= 4 is 17.1 Å². The van der Waals surface area contributed by atoms with E-state index in [0.717, 1.165) is 43.8 Å². The summed E-state index contributed by atoms with van der Waals surface area (Å²) in [7, 11) is 0. The Balaban J connectivity index is 1.18. The van der Waals surface area contributed by atoms with E-state index in [2.05, 4.69) is 15.0 Å². The van der Waals surface area contributed by atoms with Crippen LogP contribution in [0.15, 0.2) is 33.6 Å². The van der Waals surface area contributed by atoms with Crippen LogP contribution < -0.4 is 5.69 Å². The van der Waals surface area contributed by atoms with Crippen LogP contribution in [0.25, 0.3) is 17.0 Å². The first-order chi connectivity index (χ1) is 15.7. The third-order valence-corrected chi connectivity index (χ3v) is 6.21.